The van der Waals surface area contributed by atoms with Gasteiger partial charge in [0.25, 0.3) is 0 Å². The lowest BCUT2D eigenvalue weighted by Gasteiger charge is -2.16. The van der Waals surface area contributed by atoms with Crippen LogP contribution in [0.3, 0.4) is 0 Å². The molecule has 0 saturated heterocycles. The predicted molar refractivity (Wildman–Crippen MR) is 110 cm³/mol. The zero-order chi connectivity index (χ0) is 18.1. The lowest BCUT2D eigenvalue weighted by Crippen LogP contribution is -2.02. The maximum atomic E-state index is 6.44. The van der Waals surface area contributed by atoms with E-state index in [0.717, 1.165) is 45.8 Å². The molecule has 128 valence electrons. The Kier molecular flexibility index (Phi) is 8.49. The highest BCUT2D eigenvalue weighted by Crippen LogP contribution is 2.30. The highest BCUT2D eigenvalue weighted by Gasteiger charge is 2.13. The molecule has 0 bridgehead atoms. The molecule has 1 aromatic rings. The summed E-state index contributed by atoms with van der Waals surface area (Å²) < 4.78 is 0. The molecule has 0 aliphatic heterocycles. The molecule has 0 radical (unpaired) electrons. The maximum absolute atomic E-state index is 6.44. The Morgan fingerprint density at radius 1 is 1.33 bits per heavy atom. The van der Waals surface area contributed by atoms with Gasteiger partial charge < -0.3 is 0 Å². The van der Waals surface area contributed by atoms with Gasteiger partial charge in [-0.3, -0.25) is 4.99 Å². The van der Waals surface area contributed by atoms with Gasteiger partial charge in [-0.15, -0.1) is 0 Å². The van der Waals surface area contributed by atoms with Crippen molar-refractivity contribution in [1.29, 1.82) is 0 Å². The molecule has 1 nitrogen and oxygen atoms in total. The average Bonchev–Trinajstić information content (AvgIpc) is 2.55. The van der Waals surface area contributed by atoms with Crippen LogP contribution in [0, 0.1) is 5.92 Å². The van der Waals surface area contributed by atoms with Crippen LogP contribution in [0.25, 0.3) is 5.57 Å². The quantitative estimate of drug-likeness (QED) is 0.355. The van der Waals surface area contributed by atoms with Crippen molar-refractivity contribution in [2.75, 3.05) is 0 Å². The van der Waals surface area contributed by atoms with E-state index < -0.39 is 0 Å². The summed E-state index contributed by atoms with van der Waals surface area (Å²) in [6.45, 7) is 16.5. The molecule has 24 heavy (non-hydrogen) atoms. The van der Waals surface area contributed by atoms with Crippen molar-refractivity contribution in [3.63, 3.8) is 0 Å². The van der Waals surface area contributed by atoms with Gasteiger partial charge in [0, 0.05) is 16.9 Å². The second-order valence-corrected chi connectivity index (χ2v) is 6.50. The summed E-state index contributed by atoms with van der Waals surface area (Å²) in [4.78, 5) is 4.57. The Labute approximate surface area is 152 Å². The van der Waals surface area contributed by atoms with Gasteiger partial charge in [-0.2, -0.15) is 0 Å². The maximum Gasteiger partial charge on any atom is 0.0444 e. The molecule has 0 aliphatic carbocycles. The van der Waals surface area contributed by atoms with Gasteiger partial charge in [-0.1, -0.05) is 69.8 Å². The molecule has 0 fully saturated rings. The Hall–Kier alpha value is -1.86. The molecule has 0 unspecified atom stereocenters. The Balaban J connectivity index is 3.20. The molecule has 1 rings (SSSR count). The number of allylic oxidation sites excluding steroid dienone is 6. The zero-order valence-electron chi connectivity index (χ0n) is 15.3. The standard InChI is InChI=1S/C22H28ClN/c1-7-11-19(9-3)24-15-18(8-2)17(6)20-12-10-13-22(23)21(20)14-16(4)5/h7-8,10-13,15-16H,1,6,9,14H2,2-5H3/b18-8+,19-11+,24-15-. The SMILES string of the molecule is C=C/C=C(CC)/N=C\C(=C/C)C(=C)c1cccc(Cl)c1CC(C)C. The van der Waals surface area contributed by atoms with Crippen LogP contribution in [-0.4, -0.2) is 6.21 Å². The summed E-state index contributed by atoms with van der Waals surface area (Å²) in [5, 5.41) is 0.801. The lowest BCUT2D eigenvalue weighted by molar-refractivity contribution is 0.646. The molecule has 0 amide bonds. The van der Waals surface area contributed by atoms with Gasteiger partial charge in [-0.25, -0.2) is 0 Å². The zero-order valence-corrected chi connectivity index (χ0v) is 16.0. The van der Waals surface area contributed by atoms with Crippen molar-refractivity contribution >= 4 is 23.4 Å². The fraction of sp³-hybridized carbons (Fsp3) is 0.318. The average molecular weight is 342 g/mol. The molecule has 0 aliphatic rings. The second-order valence-electron chi connectivity index (χ2n) is 6.09. The predicted octanol–water partition coefficient (Wildman–Crippen LogP) is 7.05. The van der Waals surface area contributed by atoms with E-state index >= 15 is 0 Å². The van der Waals surface area contributed by atoms with E-state index in [-0.39, 0.29) is 0 Å². The fourth-order valence-electron chi connectivity index (χ4n) is 2.48. The van der Waals surface area contributed by atoms with E-state index in [4.69, 9.17) is 11.6 Å². The number of nitrogens with zero attached hydrogens (tertiary/aromatic N) is 1. The van der Waals surface area contributed by atoms with Crippen LogP contribution in [0.1, 0.15) is 45.2 Å². The van der Waals surface area contributed by atoms with Gasteiger partial charge in [0.2, 0.25) is 0 Å². The molecule has 0 saturated carbocycles. The van der Waals surface area contributed by atoms with Crippen LogP contribution in [0.15, 0.2) is 65.8 Å². The van der Waals surface area contributed by atoms with Gasteiger partial charge in [-0.05, 0) is 60.1 Å². The third-order valence-corrected chi connectivity index (χ3v) is 4.11. The van der Waals surface area contributed by atoms with E-state index in [1.807, 2.05) is 37.4 Å². The first kappa shape index (κ1) is 20.2. The number of hydrogen-bond donors (Lipinski definition) is 0. The minimum atomic E-state index is 0.529. The van der Waals surface area contributed by atoms with Crippen LogP contribution in [-0.2, 0) is 6.42 Å². The second kappa shape index (κ2) is 10.1. The molecule has 0 spiro atoms. The van der Waals surface area contributed by atoms with Crippen molar-refractivity contribution in [2.45, 2.75) is 40.5 Å². The largest absolute Gasteiger partial charge is 0.261 e. The van der Waals surface area contributed by atoms with Gasteiger partial charge in [0.05, 0.1) is 0 Å². The van der Waals surface area contributed by atoms with Gasteiger partial charge in [0.15, 0.2) is 0 Å². The lowest BCUT2D eigenvalue weighted by atomic mass is 9.91. The smallest absolute Gasteiger partial charge is 0.0444 e. The number of halogens is 1. The summed E-state index contributed by atoms with van der Waals surface area (Å²) in [6.07, 6.45) is 9.39. The normalized spacial score (nSPS) is 12.9. The Morgan fingerprint density at radius 3 is 2.58 bits per heavy atom. The monoisotopic (exact) mass is 341 g/mol. The third-order valence-electron chi connectivity index (χ3n) is 3.76. The summed E-state index contributed by atoms with van der Waals surface area (Å²) in [6, 6.07) is 6.01. The fourth-order valence-corrected chi connectivity index (χ4v) is 2.73. The number of hydrogen-bond acceptors (Lipinski definition) is 1. The third kappa shape index (κ3) is 5.65. The van der Waals surface area contributed by atoms with E-state index in [0.29, 0.717) is 5.92 Å². The van der Waals surface area contributed by atoms with Crippen LogP contribution in [0.4, 0.5) is 0 Å². The van der Waals surface area contributed by atoms with Crippen molar-refractivity contribution in [3.8, 4) is 0 Å². The van der Waals surface area contributed by atoms with E-state index in [1.165, 1.54) is 0 Å². The van der Waals surface area contributed by atoms with Crippen molar-refractivity contribution in [2.24, 2.45) is 10.9 Å². The molecular weight excluding hydrogens is 314 g/mol. The van der Waals surface area contributed by atoms with E-state index in [1.54, 1.807) is 6.08 Å². The van der Waals surface area contributed by atoms with Crippen molar-refractivity contribution in [3.05, 3.63) is 77.0 Å². The molecule has 0 aromatic heterocycles. The van der Waals surface area contributed by atoms with E-state index in [2.05, 4.69) is 45.0 Å². The molecule has 0 N–H and O–H groups in total. The number of aliphatic imine (C=N–C) groups is 1. The highest BCUT2D eigenvalue weighted by atomic mass is 35.5. The molecule has 2 heteroatoms. The van der Waals surface area contributed by atoms with Crippen LogP contribution in [0.2, 0.25) is 5.02 Å². The number of benzene rings is 1. The highest BCUT2D eigenvalue weighted by molar-refractivity contribution is 6.31. The Morgan fingerprint density at radius 2 is 2.04 bits per heavy atom. The molecular formula is C22H28ClN. The topological polar surface area (TPSA) is 12.4 Å². The summed E-state index contributed by atoms with van der Waals surface area (Å²) >= 11 is 6.44. The van der Waals surface area contributed by atoms with Crippen LogP contribution < -0.4 is 0 Å². The van der Waals surface area contributed by atoms with Gasteiger partial charge >= 0.3 is 0 Å². The van der Waals surface area contributed by atoms with Crippen LogP contribution >= 0.6 is 11.6 Å². The first-order valence-corrected chi connectivity index (χ1v) is 8.81. The first-order valence-electron chi connectivity index (χ1n) is 8.43. The van der Waals surface area contributed by atoms with E-state index in [9.17, 15) is 0 Å². The Bertz CT molecular complexity index is 675. The molecule has 1 aromatic carbocycles. The molecule has 0 heterocycles. The van der Waals surface area contributed by atoms with Gasteiger partial charge in [0.1, 0.15) is 0 Å². The number of rotatable bonds is 8. The van der Waals surface area contributed by atoms with Crippen LogP contribution in [0.5, 0.6) is 0 Å². The first-order chi connectivity index (χ1) is 11.4. The van der Waals surface area contributed by atoms with Crippen molar-refractivity contribution in [1.82, 2.24) is 0 Å². The van der Waals surface area contributed by atoms with Crippen molar-refractivity contribution < 1.29 is 0 Å². The minimum Gasteiger partial charge on any atom is -0.261 e. The summed E-state index contributed by atoms with van der Waals surface area (Å²) in [5.74, 6) is 0.529. The summed E-state index contributed by atoms with van der Waals surface area (Å²) in [5.41, 5.74) is 5.20. The minimum absolute atomic E-state index is 0.529. The molecule has 0 atom stereocenters. The summed E-state index contributed by atoms with van der Waals surface area (Å²) in [7, 11) is 0.